The van der Waals surface area contributed by atoms with Crippen molar-refractivity contribution in [1.29, 1.82) is 0 Å². The molecule has 1 aliphatic heterocycles. The zero-order valence-electron chi connectivity index (χ0n) is 14.3. The summed E-state index contributed by atoms with van der Waals surface area (Å²) < 4.78 is 36.8. The molecule has 1 unspecified atom stereocenters. The number of rotatable bonds is 5. The van der Waals surface area contributed by atoms with E-state index in [4.69, 9.17) is 0 Å². The normalized spacial score (nSPS) is 21.1. The van der Waals surface area contributed by atoms with Gasteiger partial charge in [-0.2, -0.15) is 4.31 Å². The van der Waals surface area contributed by atoms with Gasteiger partial charge in [-0.3, -0.25) is 0 Å². The van der Waals surface area contributed by atoms with E-state index in [0.29, 0.717) is 12.8 Å². The number of aliphatic hydroxyl groups is 1. The Hall–Kier alpha value is -1.97. The van der Waals surface area contributed by atoms with Gasteiger partial charge in [0.2, 0.25) is 10.0 Å². The Balaban J connectivity index is 2.65. The molecule has 1 aromatic carbocycles. The molecule has 1 N–H and O–H groups in total. The largest absolute Gasteiger partial charge is 0.465 e. The summed E-state index contributed by atoms with van der Waals surface area (Å²) in [6.45, 7) is 1.50. The average molecular weight is 371 g/mol. The van der Waals surface area contributed by atoms with E-state index < -0.39 is 27.5 Å². The van der Waals surface area contributed by atoms with Crippen molar-refractivity contribution >= 4 is 22.0 Å². The maximum Gasteiger partial charge on any atom is 0.339 e. The summed E-state index contributed by atoms with van der Waals surface area (Å²) in [5.74, 6) is -1.56. The maximum atomic E-state index is 13.2. The van der Waals surface area contributed by atoms with Gasteiger partial charge in [0, 0.05) is 6.54 Å². The SMILES string of the molecule is COC(=O)c1ccc(C(=O)OC)c(S(=O)(=O)N2CCCC2(C)CO)c1. The fourth-order valence-corrected chi connectivity index (χ4v) is 4.99. The summed E-state index contributed by atoms with van der Waals surface area (Å²) >= 11 is 0. The molecule has 0 saturated carbocycles. The fraction of sp³-hybridized carbons (Fsp3) is 0.500. The number of esters is 2. The van der Waals surface area contributed by atoms with Crippen LogP contribution in [-0.4, -0.2) is 62.7 Å². The molecule has 0 bridgehead atoms. The third kappa shape index (κ3) is 3.39. The Labute approximate surface area is 146 Å². The number of benzene rings is 1. The molecule has 1 fully saturated rings. The van der Waals surface area contributed by atoms with Crippen molar-refractivity contribution < 1.29 is 32.6 Å². The zero-order chi connectivity index (χ0) is 18.8. The molecule has 1 saturated heterocycles. The molecule has 1 atom stereocenters. The van der Waals surface area contributed by atoms with E-state index >= 15 is 0 Å². The lowest BCUT2D eigenvalue weighted by Crippen LogP contribution is -2.47. The van der Waals surface area contributed by atoms with Crippen molar-refractivity contribution in [2.75, 3.05) is 27.4 Å². The Morgan fingerprint density at radius 1 is 1.24 bits per heavy atom. The molecule has 0 aliphatic carbocycles. The minimum atomic E-state index is -4.14. The van der Waals surface area contributed by atoms with Crippen LogP contribution in [0.15, 0.2) is 23.1 Å². The number of ether oxygens (including phenoxy) is 2. The van der Waals surface area contributed by atoms with Gasteiger partial charge in [-0.15, -0.1) is 0 Å². The summed E-state index contributed by atoms with van der Waals surface area (Å²) in [6.07, 6.45) is 1.08. The van der Waals surface area contributed by atoms with Gasteiger partial charge in [0.05, 0.1) is 42.4 Å². The van der Waals surface area contributed by atoms with Gasteiger partial charge in [-0.05, 0) is 38.0 Å². The van der Waals surface area contributed by atoms with Crippen LogP contribution in [0.1, 0.15) is 40.5 Å². The molecule has 0 radical (unpaired) electrons. The second-order valence-electron chi connectivity index (χ2n) is 6.03. The highest BCUT2D eigenvalue weighted by molar-refractivity contribution is 7.89. The second-order valence-corrected chi connectivity index (χ2v) is 7.86. The van der Waals surface area contributed by atoms with Crippen molar-refractivity contribution in [3.8, 4) is 0 Å². The summed E-state index contributed by atoms with van der Waals surface area (Å²) in [4.78, 5) is 23.4. The van der Waals surface area contributed by atoms with Crippen molar-refractivity contribution in [2.45, 2.75) is 30.2 Å². The van der Waals surface area contributed by atoms with E-state index in [0.717, 1.165) is 13.2 Å². The minimum absolute atomic E-state index is 0.00127. The van der Waals surface area contributed by atoms with Gasteiger partial charge in [0.15, 0.2) is 0 Å². The summed E-state index contributed by atoms with van der Waals surface area (Å²) in [5, 5.41) is 9.64. The number of hydrogen-bond donors (Lipinski definition) is 1. The van der Waals surface area contributed by atoms with Crippen LogP contribution in [0, 0.1) is 0 Å². The van der Waals surface area contributed by atoms with E-state index in [1.165, 1.54) is 23.5 Å². The van der Waals surface area contributed by atoms with Crippen LogP contribution in [0.3, 0.4) is 0 Å². The highest BCUT2D eigenvalue weighted by atomic mass is 32.2. The van der Waals surface area contributed by atoms with E-state index in [1.807, 2.05) is 0 Å². The van der Waals surface area contributed by atoms with Gasteiger partial charge in [-0.25, -0.2) is 18.0 Å². The number of aliphatic hydroxyl groups excluding tert-OH is 1. The third-order valence-corrected chi connectivity index (χ3v) is 6.49. The summed E-state index contributed by atoms with van der Waals surface area (Å²) in [6, 6.07) is 3.62. The molecule has 0 aromatic heterocycles. The molecule has 8 nitrogen and oxygen atoms in total. The monoisotopic (exact) mass is 371 g/mol. The van der Waals surface area contributed by atoms with Crippen LogP contribution >= 0.6 is 0 Å². The highest BCUT2D eigenvalue weighted by Gasteiger charge is 2.45. The lowest BCUT2D eigenvalue weighted by Gasteiger charge is -2.32. The molecule has 9 heteroatoms. The number of hydrogen-bond acceptors (Lipinski definition) is 7. The average Bonchev–Trinajstić information content (AvgIpc) is 3.03. The van der Waals surface area contributed by atoms with E-state index in [1.54, 1.807) is 6.92 Å². The van der Waals surface area contributed by atoms with Crippen LogP contribution in [-0.2, 0) is 19.5 Å². The first-order valence-electron chi connectivity index (χ1n) is 7.65. The Morgan fingerprint density at radius 3 is 2.44 bits per heavy atom. The van der Waals surface area contributed by atoms with Crippen LogP contribution < -0.4 is 0 Å². The van der Waals surface area contributed by atoms with Crippen molar-refractivity contribution in [2.24, 2.45) is 0 Å². The third-order valence-electron chi connectivity index (χ3n) is 4.40. The lowest BCUT2D eigenvalue weighted by molar-refractivity contribution is 0.0582. The van der Waals surface area contributed by atoms with Gasteiger partial charge in [0.1, 0.15) is 0 Å². The molecular formula is C16H21NO7S. The van der Waals surface area contributed by atoms with Crippen molar-refractivity contribution in [1.82, 2.24) is 4.31 Å². The lowest BCUT2D eigenvalue weighted by atomic mass is 10.0. The first-order valence-corrected chi connectivity index (χ1v) is 9.09. The summed E-state index contributed by atoms with van der Waals surface area (Å²) in [5.41, 5.74) is -1.14. The molecule has 0 amide bonds. The Bertz CT molecular complexity index is 790. The van der Waals surface area contributed by atoms with Gasteiger partial charge < -0.3 is 14.6 Å². The molecule has 1 heterocycles. The number of methoxy groups -OCH3 is 2. The van der Waals surface area contributed by atoms with Gasteiger partial charge in [-0.1, -0.05) is 0 Å². The van der Waals surface area contributed by atoms with Crippen LogP contribution in [0.4, 0.5) is 0 Å². The first kappa shape index (κ1) is 19.4. The first-order chi connectivity index (χ1) is 11.7. The van der Waals surface area contributed by atoms with E-state index in [9.17, 15) is 23.1 Å². The number of nitrogens with zero attached hydrogens (tertiary/aromatic N) is 1. The number of carbonyl (C=O) groups is 2. The van der Waals surface area contributed by atoms with Gasteiger partial charge in [0.25, 0.3) is 0 Å². The maximum absolute atomic E-state index is 13.2. The Morgan fingerprint density at radius 2 is 1.88 bits per heavy atom. The Kier molecular flexibility index (Phi) is 5.50. The molecule has 25 heavy (non-hydrogen) atoms. The van der Waals surface area contributed by atoms with Crippen LogP contribution in [0.5, 0.6) is 0 Å². The fourth-order valence-electron chi connectivity index (χ4n) is 2.94. The van der Waals surface area contributed by atoms with Crippen LogP contribution in [0.2, 0.25) is 0 Å². The number of sulfonamides is 1. The predicted octanol–water partition coefficient (Wildman–Crippen LogP) is 0.795. The van der Waals surface area contributed by atoms with Crippen LogP contribution in [0.25, 0.3) is 0 Å². The number of carbonyl (C=O) groups excluding carboxylic acids is 2. The summed E-state index contributed by atoms with van der Waals surface area (Å²) in [7, 11) is -1.83. The molecule has 1 aromatic rings. The molecule has 138 valence electrons. The quantitative estimate of drug-likeness (QED) is 0.762. The second kappa shape index (κ2) is 7.11. The van der Waals surface area contributed by atoms with Crippen molar-refractivity contribution in [3.05, 3.63) is 29.3 Å². The zero-order valence-corrected chi connectivity index (χ0v) is 15.1. The highest BCUT2D eigenvalue weighted by Crippen LogP contribution is 2.35. The standard InChI is InChI=1S/C16H21NO7S/c1-16(10-18)7-4-8-17(16)25(21,22)13-9-11(14(19)23-2)5-6-12(13)15(20)24-3/h5-6,9,18H,4,7-8,10H2,1-3H3. The predicted molar refractivity (Wildman–Crippen MR) is 87.7 cm³/mol. The molecular weight excluding hydrogens is 350 g/mol. The molecule has 2 rings (SSSR count). The van der Waals surface area contributed by atoms with Gasteiger partial charge >= 0.3 is 11.9 Å². The minimum Gasteiger partial charge on any atom is -0.465 e. The smallest absolute Gasteiger partial charge is 0.339 e. The molecule has 1 aliphatic rings. The molecule has 0 spiro atoms. The van der Waals surface area contributed by atoms with Crippen molar-refractivity contribution in [3.63, 3.8) is 0 Å². The topological polar surface area (TPSA) is 110 Å². The van der Waals surface area contributed by atoms with E-state index in [2.05, 4.69) is 9.47 Å². The van der Waals surface area contributed by atoms with E-state index in [-0.39, 0.29) is 29.2 Å².